The summed E-state index contributed by atoms with van der Waals surface area (Å²) in [4.78, 5) is 30.7. The van der Waals surface area contributed by atoms with E-state index in [-0.39, 0.29) is 18.0 Å². The molecule has 0 aliphatic carbocycles. The molecule has 0 radical (unpaired) electrons. The fraction of sp³-hybridized carbons (Fsp3) is 0.300. The maximum absolute atomic E-state index is 12.5. The Morgan fingerprint density at radius 1 is 1.33 bits per heavy atom. The molecule has 3 rings (SSSR count). The first-order valence-corrected chi connectivity index (χ1v) is 9.69. The molecule has 0 saturated carbocycles. The van der Waals surface area contributed by atoms with E-state index in [1.807, 2.05) is 37.3 Å². The highest BCUT2D eigenvalue weighted by atomic mass is 32.1. The summed E-state index contributed by atoms with van der Waals surface area (Å²) in [5, 5.41) is 4.52. The Balaban J connectivity index is 1.64. The molecule has 2 aromatic heterocycles. The van der Waals surface area contributed by atoms with Crippen LogP contribution in [0.15, 0.2) is 46.6 Å². The van der Waals surface area contributed by atoms with Gasteiger partial charge in [-0.2, -0.15) is 5.10 Å². The lowest BCUT2D eigenvalue weighted by Gasteiger charge is -2.05. The molecule has 140 valence electrons. The number of carbonyl (C=O) groups excluding carboxylic acids is 1. The number of hydrazone groups is 1. The lowest BCUT2D eigenvalue weighted by Crippen LogP contribution is -2.29. The number of benzene rings is 1. The summed E-state index contributed by atoms with van der Waals surface area (Å²) < 4.78 is 1.30. The van der Waals surface area contributed by atoms with Crippen molar-refractivity contribution in [2.75, 3.05) is 0 Å². The molecule has 0 spiro atoms. The molecular formula is C20H22N4O2S. The van der Waals surface area contributed by atoms with Gasteiger partial charge in [0.2, 0.25) is 0 Å². The van der Waals surface area contributed by atoms with Crippen molar-refractivity contribution in [1.29, 1.82) is 0 Å². The number of nitrogens with zero attached hydrogens (tertiary/aromatic N) is 3. The lowest BCUT2D eigenvalue weighted by atomic mass is 10.0. The van der Waals surface area contributed by atoms with Crippen molar-refractivity contribution in [3.63, 3.8) is 0 Å². The van der Waals surface area contributed by atoms with E-state index >= 15 is 0 Å². The third-order valence-corrected chi connectivity index (χ3v) is 5.42. The van der Waals surface area contributed by atoms with Crippen LogP contribution in [0.5, 0.6) is 0 Å². The average Bonchev–Trinajstić information content (AvgIpc) is 3.09. The van der Waals surface area contributed by atoms with E-state index in [1.54, 1.807) is 6.21 Å². The molecule has 0 unspecified atom stereocenters. The van der Waals surface area contributed by atoms with Crippen LogP contribution in [0.4, 0.5) is 0 Å². The summed E-state index contributed by atoms with van der Waals surface area (Å²) in [6.07, 6.45) is 3.85. The van der Waals surface area contributed by atoms with Gasteiger partial charge in [-0.3, -0.25) is 14.2 Å². The predicted octanol–water partition coefficient (Wildman–Crippen LogP) is 3.29. The third-order valence-electron chi connectivity index (χ3n) is 4.24. The minimum atomic E-state index is -0.376. The molecule has 0 aliphatic rings. The summed E-state index contributed by atoms with van der Waals surface area (Å²) in [6, 6.07) is 9.84. The number of hydrogen-bond donors (Lipinski definition) is 1. The molecule has 0 aliphatic heterocycles. The van der Waals surface area contributed by atoms with Gasteiger partial charge in [-0.15, -0.1) is 11.3 Å². The second kappa shape index (κ2) is 8.26. The van der Waals surface area contributed by atoms with Crippen LogP contribution in [0.2, 0.25) is 0 Å². The highest BCUT2D eigenvalue weighted by Crippen LogP contribution is 2.20. The monoisotopic (exact) mass is 382 g/mol. The first kappa shape index (κ1) is 19.0. The first-order chi connectivity index (χ1) is 13.0. The molecular weight excluding hydrogens is 360 g/mol. The summed E-state index contributed by atoms with van der Waals surface area (Å²) in [7, 11) is 0. The zero-order chi connectivity index (χ0) is 19.4. The molecule has 6 nitrogen and oxygen atoms in total. The average molecular weight is 382 g/mol. The zero-order valence-electron chi connectivity index (χ0n) is 15.6. The highest BCUT2D eigenvalue weighted by molar-refractivity contribution is 7.18. The normalized spacial score (nSPS) is 11.6. The van der Waals surface area contributed by atoms with E-state index in [0.717, 1.165) is 16.9 Å². The number of aromatic nitrogens is 2. The van der Waals surface area contributed by atoms with Crippen molar-refractivity contribution >= 4 is 33.7 Å². The van der Waals surface area contributed by atoms with Crippen molar-refractivity contribution in [1.82, 2.24) is 15.0 Å². The SMILES string of the molecule is CCc1cc2c(=O)n(CC(=O)N/N=C/c3ccc(C(C)C)cc3)cnc2s1. The highest BCUT2D eigenvalue weighted by Gasteiger charge is 2.10. The molecule has 7 heteroatoms. The zero-order valence-corrected chi connectivity index (χ0v) is 16.4. The number of hydrogen-bond acceptors (Lipinski definition) is 5. The summed E-state index contributed by atoms with van der Waals surface area (Å²) in [5.74, 6) is 0.0934. The topological polar surface area (TPSA) is 76.3 Å². The largest absolute Gasteiger partial charge is 0.289 e. The summed E-state index contributed by atoms with van der Waals surface area (Å²) >= 11 is 1.50. The van der Waals surface area contributed by atoms with Crippen molar-refractivity contribution < 1.29 is 4.79 Å². The van der Waals surface area contributed by atoms with Crippen molar-refractivity contribution in [2.24, 2.45) is 5.10 Å². The van der Waals surface area contributed by atoms with Crippen LogP contribution in [-0.2, 0) is 17.8 Å². The number of rotatable bonds is 6. The van der Waals surface area contributed by atoms with Gasteiger partial charge < -0.3 is 0 Å². The third kappa shape index (κ3) is 4.49. The smallest absolute Gasteiger partial charge is 0.262 e. The van der Waals surface area contributed by atoms with Crippen molar-refractivity contribution in [3.8, 4) is 0 Å². The van der Waals surface area contributed by atoms with Crippen molar-refractivity contribution in [3.05, 3.63) is 63.0 Å². The molecule has 2 heterocycles. The van der Waals surface area contributed by atoms with Gasteiger partial charge in [-0.05, 0) is 29.5 Å². The van der Waals surface area contributed by atoms with E-state index in [0.29, 0.717) is 16.1 Å². The minimum absolute atomic E-state index is 0.122. The van der Waals surface area contributed by atoms with E-state index < -0.39 is 0 Å². The predicted molar refractivity (Wildman–Crippen MR) is 110 cm³/mol. The lowest BCUT2D eigenvalue weighted by molar-refractivity contribution is -0.121. The van der Waals surface area contributed by atoms with Gasteiger partial charge in [0.1, 0.15) is 11.4 Å². The quantitative estimate of drug-likeness (QED) is 0.525. The molecule has 3 aromatic rings. The Bertz CT molecular complexity index is 1030. The second-order valence-electron chi connectivity index (χ2n) is 6.58. The number of nitrogens with one attached hydrogen (secondary N) is 1. The van der Waals surface area contributed by atoms with Crippen LogP contribution >= 0.6 is 11.3 Å². The standard InChI is InChI=1S/C20H22N4O2S/c1-4-16-9-17-19(27-16)21-12-24(20(17)26)11-18(25)23-22-10-14-5-7-15(8-6-14)13(2)3/h5-10,12-13H,4,11H2,1-3H3,(H,23,25)/b22-10+. The Hall–Kier alpha value is -2.80. The van der Waals surface area contributed by atoms with Crippen LogP contribution in [0.1, 0.15) is 42.7 Å². The van der Waals surface area contributed by atoms with E-state index in [9.17, 15) is 9.59 Å². The van der Waals surface area contributed by atoms with Crippen LogP contribution in [0, 0.1) is 0 Å². The number of amides is 1. The number of carbonyl (C=O) groups is 1. The molecule has 0 fully saturated rings. The first-order valence-electron chi connectivity index (χ1n) is 8.87. The molecule has 1 N–H and O–H groups in total. The number of fused-ring (bicyclic) bond motifs is 1. The van der Waals surface area contributed by atoms with Gasteiger partial charge in [0.15, 0.2) is 0 Å². The van der Waals surface area contributed by atoms with Crippen molar-refractivity contribution in [2.45, 2.75) is 39.7 Å². The van der Waals surface area contributed by atoms with Crippen LogP contribution in [-0.4, -0.2) is 21.7 Å². The van der Waals surface area contributed by atoms with Crippen LogP contribution < -0.4 is 11.0 Å². The number of thiophene rings is 1. The van der Waals surface area contributed by atoms with Crippen LogP contribution in [0.3, 0.4) is 0 Å². The van der Waals surface area contributed by atoms with Gasteiger partial charge in [0, 0.05) is 4.88 Å². The van der Waals surface area contributed by atoms with Gasteiger partial charge in [-0.1, -0.05) is 45.0 Å². The molecule has 1 amide bonds. The fourth-order valence-corrected chi connectivity index (χ4v) is 3.56. The number of aryl methyl sites for hydroxylation is 1. The Kier molecular flexibility index (Phi) is 5.81. The maximum atomic E-state index is 12.5. The minimum Gasteiger partial charge on any atom is -0.289 e. The van der Waals surface area contributed by atoms with E-state index in [4.69, 9.17) is 0 Å². The molecule has 27 heavy (non-hydrogen) atoms. The van der Waals surface area contributed by atoms with Gasteiger partial charge in [0.25, 0.3) is 11.5 Å². The van der Waals surface area contributed by atoms with E-state index in [2.05, 4.69) is 29.4 Å². The summed E-state index contributed by atoms with van der Waals surface area (Å²) in [5.41, 5.74) is 4.39. The van der Waals surface area contributed by atoms with Crippen LogP contribution in [0.25, 0.3) is 10.2 Å². The Morgan fingerprint density at radius 2 is 2.07 bits per heavy atom. The van der Waals surface area contributed by atoms with Gasteiger partial charge in [0.05, 0.1) is 17.9 Å². The molecule has 0 saturated heterocycles. The Labute approximate surface area is 161 Å². The Morgan fingerprint density at radius 3 is 2.74 bits per heavy atom. The fourth-order valence-electron chi connectivity index (χ4n) is 2.63. The summed E-state index contributed by atoms with van der Waals surface area (Å²) in [6.45, 7) is 6.18. The maximum Gasteiger partial charge on any atom is 0.262 e. The molecule has 0 atom stereocenters. The second-order valence-corrected chi connectivity index (χ2v) is 7.69. The molecule has 0 bridgehead atoms. The van der Waals surface area contributed by atoms with E-state index in [1.165, 1.54) is 27.8 Å². The van der Waals surface area contributed by atoms with Gasteiger partial charge >= 0.3 is 0 Å². The van der Waals surface area contributed by atoms with Gasteiger partial charge in [-0.25, -0.2) is 10.4 Å². The molecule has 1 aromatic carbocycles.